The van der Waals surface area contributed by atoms with Crippen LogP contribution in [0.3, 0.4) is 0 Å². The zero-order chi connectivity index (χ0) is 18.9. The quantitative estimate of drug-likeness (QED) is 0.406. The van der Waals surface area contributed by atoms with Crippen LogP contribution >= 0.6 is 11.6 Å². The van der Waals surface area contributed by atoms with Crippen molar-refractivity contribution in [1.82, 2.24) is 0 Å². The number of ether oxygens (including phenoxy) is 2. The molecule has 0 bridgehead atoms. The number of hydrogen-bond acceptors (Lipinski definition) is 3. The third-order valence-corrected chi connectivity index (χ3v) is 5.05. The first-order chi connectivity index (χ1) is 11.7. The molecule has 25 heavy (non-hydrogen) atoms. The molecule has 1 aliphatic rings. The monoisotopic (exact) mass is 376 g/mol. The van der Waals surface area contributed by atoms with Crippen LogP contribution in [-0.2, 0) is 27.5 Å². The van der Waals surface area contributed by atoms with Crippen LogP contribution in [0.2, 0.25) is 5.02 Å². The number of carbonyl (C=O) groups excluding carboxylic acids is 1. The highest BCUT2D eigenvalue weighted by molar-refractivity contribution is 6.31. The molecule has 0 heterocycles. The standard InChI is InChI=1S/C18H20ClF3O3/c1-5-6-11-12(18(11,2)3)17(23)25-8-9-13(19)14(20)10(7-24-4)16(22)15(9)21/h5-6,11-12H,7-8H2,1-4H3/b6-5-/t11-,12+/m1/s1. The van der Waals surface area contributed by atoms with Crippen molar-refractivity contribution in [3.05, 3.63) is 45.8 Å². The Morgan fingerprint density at radius 1 is 1.16 bits per heavy atom. The molecule has 1 aliphatic carbocycles. The van der Waals surface area contributed by atoms with E-state index < -0.39 is 52.8 Å². The second-order valence-corrected chi connectivity index (χ2v) is 6.98. The molecule has 7 heteroatoms. The second kappa shape index (κ2) is 7.38. The van der Waals surface area contributed by atoms with Gasteiger partial charge in [0.15, 0.2) is 17.5 Å². The van der Waals surface area contributed by atoms with Crippen molar-refractivity contribution in [2.75, 3.05) is 7.11 Å². The Balaban J connectivity index is 2.18. The smallest absolute Gasteiger partial charge is 0.310 e. The molecule has 3 nitrogen and oxygen atoms in total. The minimum Gasteiger partial charge on any atom is -0.460 e. The van der Waals surface area contributed by atoms with E-state index in [4.69, 9.17) is 16.3 Å². The summed E-state index contributed by atoms with van der Waals surface area (Å²) in [4.78, 5) is 12.2. The van der Waals surface area contributed by atoms with E-state index in [0.717, 1.165) is 0 Å². The Labute approximate surface area is 149 Å². The number of benzene rings is 1. The molecular weight excluding hydrogens is 357 g/mol. The van der Waals surface area contributed by atoms with Gasteiger partial charge in [-0.05, 0) is 18.3 Å². The van der Waals surface area contributed by atoms with Crippen LogP contribution in [0.4, 0.5) is 13.2 Å². The number of carbonyl (C=O) groups is 1. The molecule has 1 fully saturated rings. The number of halogens is 4. The molecule has 1 aromatic rings. The molecule has 2 atom stereocenters. The first-order valence-corrected chi connectivity index (χ1v) is 8.18. The molecule has 1 aromatic carbocycles. The lowest BCUT2D eigenvalue weighted by Gasteiger charge is -2.13. The molecule has 0 amide bonds. The molecule has 1 saturated carbocycles. The second-order valence-electron chi connectivity index (χ2n) is 6.60. The highest BCUT2D eigenvalue weighted by Crippen LogP contribution is 2.59. The minimum absolute atomic E-state index is 0.0165. The van der Waals surface area contributed by atoms with E-state index in [1.807, 2.05) is 32.9 Å². The van der Waals surface area contributed by atoms with Gasteiger partial charge in [-0.3, -0.25) is 4.79 Å². The topological polar surface area (TPSA) is 35.5 Å². The Bertz CT molecular complexity index is 687. The van der Waals surface area contributed by atoms with Gasteiger partial charge in [-0.1, -0.05) is 37.6 Å². The predicted molar refractivity (Wildman–Crippen MR) is 87.4 cm³/mol. The maximum atomic E-state index is 14.2. The molecule has 0 aliphatic heterocycles. The fourth-order valence-electron chi connectivity index (χ4n) is 3.05. The highest BCUT2D eigenvalue weighted by Gasteiger charge is 2.61. The van der Waals surface area contributed by atoms with Crippen molar-refractivity contribution in [2.45, 2.75) is 34.0 Å². The number of esters is 1. The van der Waals surface area contributed by atoms with Crippen LogP contribution in [0.15, 0.2) is 12.2 Å². The lowest BCUT2D eigenvalue weighted by molar-refractivity contribution is -0.147. The first-order valence-electron chi connectivity index (χ1n) is 7.80. The van der Waals surface area contributed by atoms with E-state index in [9.17, 15) is 18.0 Å². The summed E-state index contributed by atoms with van der Waals surface area (Å²) in [6, 6.07) is 0. The molecule has 0 saturated heterocycles. The molecule has 138 valence electrons. The normalized spacial score (nSPS) is 21.6. The van der Waals surface area contributed by atoms with Crippen LogP contribution in [0.25, 0.3) is 0 Å². The molecule has 2 rings (SSSR count). The zero-order valence-corrected chi connectivity index (χ0v) is 15.2. The van der Waals surface area contributed by atoms with Gasteiger partial charge in [-0.25, -0.2) is 13.2 Å². The van der Waals surface area contributed by atoms with E-state index in [0.29, 0.717) is 0 Å². The summed E-state index contributed by atoms with van der Waals surface area (Å²) in [7, 11) is 1.22. The van der Waals surface area contributed by atoms with Crippen molar-refractivity contribution in [3.8, 4) is 0 Å². The van der Waals surface area contributed by atoms with Gasteiger partial charge in [0.1, 0.15) is 6.61 Å². The van der Waals surface area contributed by atoms with Gasteiger partial charge in [0, 0.05) is 12.7 Å². The zero-order valence-electron chi connectivity index (χ0n) is 14.5. The van der Waals surface area contributed by atoms with E-state index in [1.54, 1.807) is 0 Å². The summed E-state index contributed by atoms with van der Waals surface area (Å²) < 4.78 is 51.9. The van der Waals surface area contributed by atoms with Crippen molar-refractivity contribution in [1.29, 1.82) is 0 Å². The average molecular weight is 377 g/mol. The highest BCUT2D eigenvalue weighted by atomic mass is 35.5. The van der Waals surface area contributed by atoms with Crippen LogP contribution in [0.5, 0.6) is 0 Å². The largest absolute Gasteiger partial charge is 0.460 e. The van der Waals surface area contributed by atoms with Crippen LogP contribution in [0, 0.1) is 34.7 Å². The summed E-state index contributed by atoms with van der Waals surface area (Å²) in [6.45, 7) is 4.57. The fraction of sp³-hybridized carbons (Fsp3) is 0.500. The summed E-state index contributed by atoms with van der Waals surface area (Å²) in [5.74, 6) is -4.77. The van der Waals surface area contributed by atoms with Crippen LogP contribution < -0.4 is 0 Å². The first kappa shape index (κ1) is 19.8. The molecule has 0 spiro atoms. The lowest BCUT2D eigenvalue weighted by atomic mass is 10.1. The Hall–Kier alpha value is -1.53. The van der Waals surface area contributed by atoms with Gasteiger partial charge in [0.05, 0.1) is 23.1 Å². The van der Waals surface area contributed by atoms with Gasteiger partial charge < -0.3 is 9.47 Å². The SMILES string of the molecule is C/C=C\[C@@H]1[C@@H](C(=O)OCc2c(F)c(F)c(COC)c(F)c2Cl)C1(C)C. The van der Waals surface area contributed by atoms with Crippen molar-refractivity contribution >= 4 is 17.6 Å². The molecule has 0 aromatic heterocycles. The van der Waals surface area contributed by atoms with Crippen molar-refractivity contribution in [3.63, 3.8) is 0 Å². The van der Waals surface area contributed by atoms with Gasteiger partial charge >= 0.3 is 5.97 Å². The average Bonchev–Trinajstić information content (AvgIpc) is 3.10. The maximum absolute atomic E-state index is 14.2. The van der Waals surface area contributed by atoms with Gasteiger partial charge in [0.2, 0.25) is 0 Å². The predicted octanol–water partition coefficient (Wildman–Crippen LogP) is 4.80. The number of methoxy groups -OCH3 is 1. The van der Waals surface area contributed by atoms with E-state index in [-0.39, 0.29) is 17.3 Å². The van der Waals surface area contributed by atoms with Gasteiger partial charge in [-0.15, -0.1) is 0 Å². The third kappa shape index (κ3) is 3.55. The summed E-state index contributed by atoms with van der Waals surface area (Å²) in [5, 5.41) is -0.612. The lowest BCUT2D eigenvalue weighted by Crippen LogP contribution is -2.13. The molecule has 0 N–H and O–H groups in total. The van der Waals surface area contributed by atoms with Gasteiger partial charge in [0.25, 0.3) is 0 Å². The third-order valence-electron chi connectivity index (χ3n) is 4.66. The maximum Gasteiger partial charge on any atom is 0.310 e. The van der Waals surface area contributed by atoms with Crippen LogP contribution in [-0.4, -0.2) is 13.1 Å². The molecule has 0 unspecified atom stereocenters. The Morgan fingerprint density at radius 3 is 2.32 bits per heavy atom. The van der Waals surface area contributed by atoms with E-state index >= 15 is 0 Å². The minimum atomic E-state index is -1.40. The number of rotatable bonds is 6. The number of hydrogen-bond donors (Lipinski definition) is 0. The van der Waals surface area contributed by atoms with Crippen molar-refractivity contribution < 1.29 is 27.4 Å². The number of allylic oxidation sites excluding steroid dienone is 2. The van der Waals surface area contributed by atoms with Gasteiger partial charge in [-0.2, -0.15) is 0 Å². The fourth-order valence-corrected chi connectivity index (χ4v) is 3.30. The Morgan fingerprint density at radius 2 is 1.76 bits per heavy atom. The molecule has 0 radical (unpaired) electrons. The van der Waals surface area contributed by atoms with Crippen LogP contribution in [0.1, 0.15) is 31.9 Å². The van der Waals surface area contributed by atoms with Crippen molar-refractivity contribution in [2.24, 2.45) is 17.3 Å². The van der Waals surface area contributed by atoms with E-state index in [1.165, 1.54) is 7.11 Å². The summed E-state index contributed by atoms with van der Waals surface area (Å²) in [6.07, 6.45) is 3.74. The summed E-state index contributed by atoms with van der Waals surface area (Å²) >= 11 is 5.78. The van der Waals surface area contributed by atoms with E-state index in [2.05, 4.69) is 4.74 Å². The summed E-state index contributed by atoms with van der Waals surface area (Å²) in [5.41, 5.74) is -1.40. The molecular formula is C18H20ClF3O3. The Kier molecular flexibility index (Phi) is 5.84.